The monoisotopic (exact) mass is 465 g/mol. The highest BCUT2D eigenvalue weighted by Crippen LogP contribution is 2.31. The quantitative estimate of drug-likeness (QED) is 0.569. The molecule has 182 valence electrons. The third kappa shape index (κ3) is 4.86. The van der Waals surface area contributed by atoms with Crippen LogP contribution < -0.4 is 5.73 Å². The van der Waals surface area contributed by atoms with Crippen molar-refractivity contribution >= 4 is 16.8 Å². The number of amides is 1. The van der Waals surface area contributed by atoms with E-state index in [0.29, 0.717) is 17.2 Å². The minimum Gasteiger partial charge on any atom is -0.339 e. The number of fused-ring (bicyclic) bond motifs is 1. The highest BCUT2D eigenvalue weighted by Gasteiger charge is 2.25. The SMILES string of the molecule is Cc1cn(-c2ccc(F)cc2C(=O)N(C)C(C)C)c2cncc(CC3CCN(CC(C)N)C3)c12. The minimum atomic E-state index is -0.422. The van der Waals surface area contributed by atoms with Crippen molar-refractivity contribution < 1.29 is 9.18 Å². The van der Waals surface area contributed by atoms with Gasteiger partial charge < -0.3 is 20.1 Å². The summed E-state index contributed by atoms with van der Waals surface area (Å²) < 4.78 is 16.2. The molecule has 2 atom stereocenters. The van der Waals surface area contributed by atoms with Crippen LogP contribution in [0.25, 0.3) is 16.6 Å². The molecule has 1 aliphatic heterocycles. The maximum absolute atomic E-state index is 14.2. The zero-order valence-electron chi connectivity index (χ0n) is 20.9. The van der Waals surface area contributed by atoms with Crippen molar-refractivity contribution in [3.05, 3.63) is 59.3 Å². The van der Waals surface area contributed by atoms with Crippen molar-refractivity contribution in [3.8, 4) is 5.69 Å². The van der Waals surface area contributed by atoms with Gasteiger partial charge in [-0.2, -0.15) is 0 Å². The van der Waals surface area contributed by atoms with Gasteiger partial charge in [0.25, 0.3) is 5.91 Å². The Labute approximate surface area is 201 Å². The van der Waals surface area contributed by atoms with Crippen molar-refractivity contribution in [2.45, 2.75) is 52.6 Å². The van der Waals surface area contributed by atoms with Gasteiger partial charge in [-0.05, 0) is 82.3 Å². The van der Waals surface area contributed by atoms with Crippen LogP contribution in [0.2, 0.25) is 0 Å². The zero-order valence-corrected chi connectivity index (χ0v) is 20.9. The van der Waals surface area contributed by atoms with Crippen LogP contribution in [0.5, 0.6) is 0 Å². The summed E-state index contributed by atoms with van der Waals surface area (Å²) in [5, 5.41) is 1.17. The highest BCUT2D eigenvalue weighted by atomic mass is 19.1. The molecule has 0 saturated carbocycles. The fraction of sp³-hybridized carbons (Fsp3) is 0.481. The van der Waals surface area contributed by atoms with Gasteiger partial charge >= 0.3 is 0 Å². The van der Waals surface area contributed by atoms with Crippen molar-refractivity contribution in [1.82, 2.24) is 19.4 Å². The summed E-state index contributed by atoms with van der Waals surface area (Å²) >= 11 is 0. The molecular formula is C27H36FN5O. The molecule has 4 rings (SSSR count). The van der Waals surface area contributed by atoms with Crippen LogP contribution in [0, 0.1) is 18.7 Å². The first-order chi connectivity index (χ1) is 16.2. The van der Waals surface area contributed by atoms with Crippen molar-refractivity contribution in [2.75, 3.05) is 26.7 Å². The molecule has 34 heavy (non-hydrogen) atoms. The molecule has 0 radical (unpaired) electrons. The van der Waals surface area contributed by atoms with Crippen LogP contribution in [-0.2, 0) is 6.42 Å². The molecule has 3 aromatic rings. The van der Waals surface area contributed by atoms with E-state index in [1.54, 1.807) is 18.0 Å². The molecule has 2 unspecified atom stereocenters. The van der Waals surface area contributed by atoms with Crippen LogP contribution >= 0.6 is 0 Å². The second-order valence-electron chi connectivity index (χ2n) is 10.1. The first kappa shape index (κ1) is 24.4. The van der Waals surface area contributed by atoms with E-state index in [4.69, 9.17) is 5.73 Å². The number of aryl methyl sites for hydroxylation is 1. The number of rotatable bonds is 7. The molecule has 1 aliphatic rings. The molecule has 3 heterocycles. The molecule has 1 fully saturated rings. The summed E-state index contributed by atoms with van der Waals surface area (Å²) in [6.07, 6.45) is 7.95. The topological polar surface area (TPSA) is 67.4 Å². The number of nitrogens with zero attached hydrogens (tertiary/aromatic N) is 4. The predicted molar refractivity (Wildman–Crippen MR) is 135 cm³/mol. The summed E-state index contributed by atoms with van der Waals surface area (Å²) in [6.45, 7) is 11.1. The van der Waals surface area contributed by atoms with Crippen molar-refractivity contribution in [2.24, 2.45) is 11.7 Å². The van der Waals surface area contributed by atoms with Crippen LogP contribution in [0.1, 0.15) is 48.7 Å². The van der Waals surface area contributed by atoms with Crippen LogP contribution in [0.3, 0.4) is 0 Å². The largest absolute Gasteiger partial charge is 0.339 e. The van der Waals surface area contributed by atoms with Crippen LogP contribution in [0.15, 0.2) is 36.8 Å². The molecule has 6 nitrogen and oxygen atoms in total. The number of likely N-dealkylation sites (tertiary alicyclic amines) is 1. The Kier molecular flexibility index (Phi) is 7.05. The number of benzene rings is 1. The lowest BCUT2D eigenvalue weighted by molar-refractivity contribution is 0.0754. The number of carbonyl (C=O) groups excluding carboxylic acids is 1. The maximum Gasteiger partial charge on any atom is 0.256 e. The average molecular weight is 466 g/mol. The Balaban J connectivity index is 1.71. The van der Waals surface area contributed by atoms with Crippen molar-refractivity contribution in [1.29, 1.82) is 0 Å². The molecule has 1 saturated heterocycles. The lowest BCUT2D eigenvalue weighted by Gasteiger charge is -2.23. The number of aromatic nitrogens is 2. The fourth-order valence-electron chi connectivity index (χ4n) is 5.09. The summed E-state index contributed by atoms with van der Waals surface area (Å²) in [5.41, 5.74) is 10.3. The summed E-state index contributed by atoms with van der Waals surface area (Å²) in [6, 6.07) is 4.62. The van der Waals surface area contributed by atoms with E-state index in [9.17, 15) is 9.18 Å². The van der Waals surface area contributed by atoms with E-state index < -0.39 is 5.82 Å². The van der Waals surface area contributed by atoms with E-state index in [1.807, 2.05) is 37.0 Å². The van der Waals surface area contributed by atoms with E-state index >= 15 is 0 Å². The van der Waals surface area contributed by atoms with Gasteiger partial charge in [0.2, 0.25) is 0 Å². The first-order valence-corrected chi connectivity index (χ1v) is 12.1. The zero-order chi connectivity index (χ0) is 24.6. The second-order valence-corrected chi connectivity index (χ2v) is 10.1. The Morgan fingerprint density at radius 2 is 2.06 bits per heavy atom. The van der Waals surface area contributed by atoms with E-state index in [0.717, 1.165) is 43.6 Å². The third-order valence-electron chi connectivity index (χ3n) is 6.95. The number of halogens is 1. The van der Waals surface area contributed by atoms with E-state index in [2.05, 4.69) is 23.7 Å². The minimum absolute atomic E-state index is 0.00765. The fourth-order valence-corrected chi connectivity index (χ4v) is 5.09. The van der Waals surface area contributed by atoms with Gasteiger partial charge in [0.15, 0.2) is 0 Å². The first-order valence-electron chi connectivity index (χ1n) is 12.1. The van der Waals surface area contributed by atoms with Crippen LogP contribution in [-0.4, -0.2) is 64.0 Å². The molecule has 2 N–H and O–H groups in total. The second kappa shape index (κ2) is 9.84. The van der Waals surface area contributed by atoms with Gasteiger partial charge in [-0.25, -0.2) is 4.39 Å². The van der Waals surface area contributed by atoms with Gasteiger partial charge in [0, 0.05) is 50.0 Å². The molecule has 0 aliphatic carbocycles. The number of hydrogen-bond donors (Lipinski definition) is 1. The summed E-state index contributed by atoms with van der Waals surface area (Å²) in [7, 11) is 1.75. The van der Waals surface area contributed by atoms with Gasteiger partial charge in [-0.15, -0.1) is 0 Å². The van der Waals surface area contributed by atoms with Gasteiger partial charge in [0.1, 0.15) is 5.82 Å². The van der Waals surface area contributed by atoms with Gasteiger partial charge in [-0.1, -0.05) is 0 Å². The number of hydrogen-bond acceptors (Lipinski definition) is 4. The number of pyridine rings is 1. The van der Waals surface area contributed by atoms with E-state index in [1.165, 1.54) is 23.1 Å². The Hall–Kier alpha value is -2.77. The molecule has 7 heteroatoms. The normalized spacial score (nSPS) is 17.6. The van der Waals surface area contributed by atoms with E-state index in [-0.39, 0.29) is 18.0 Å². The summed E-state index contributed by atoms with van der Waals surface area (Å²) in [5.74, 6) is -0.0568. The Morgan fingerprint density at radius 3 is 2.76 bits per heavy atom. The highest BCUT2D eigenvalue weighted by molar-refractivity contribution is 5.99. The van der Waals surface area contributed by atoms with Gasteiger partial charge in [0.05, 0.1) is 23.0 Å². The maximum atomic E-state index is 14.2. The standard InChI is InChI=1S/C27H36FN5O/c1-17(2)31(5)27(34)23-11-22(28)6-7-24(23)33-14-18(3)26-21(12-30-13-25(26)33)10-20-8-9-32(16-20)15-19(4)29/h6-7,11-14,17,19-20H,8-10,15-16,29H2,1-5H3. The summed E-state index contributed by atoms with van der Waals surface area (Å²) in [4.78, 5) is 21.8. The predicted octanol–water partition coefficient (Wildman–Crippen LogP) is 4.17. The average Bonchev–Trinajstić information content (AvgIpc) is 3.36. The number of carbonyl (C=O) groups is 1. The van der Waals surface area contributed by atoms with Crippen molar-refractivity contribution in [3.63, 3.8) is 0 Å². The molecule has 0 spiro atoms. The molecule has 0 bridgehead atoms. The smallest absolute Gasteiger partial charge is 0.256 e. The van der Waals surface area contributed by atoms with Crippen LogP contribution in [0.4, 0.5) is 4.39 Å². The Bertz CT molecular complexity index is 1190. The molecule has 2 aromatic heterocycles. The van der Waals surface area contributed by atoms with Gasteiger partial charge in [-0.3, -0.25) is 9.78 Å². The molecular weight excluding hydrogens is 429 g/mol. The third-order valence-corrected chi connectivity index (χ3v) is 6.95. The lowest BCUT2D eigenvalue weighted by Crippen LogP contribution is -2.34. The Morgan fingerprint density at radius 1 is 1.29 bits per heavy atom. The lowest BCUT2D eigenvalue weighted by atomic mass is 9.96. The molecule has 1 aromatic carbocycles. The molecule has 1 amide bonds. The number of nitrogens with two attached hydrogens (primary N) is 1.